The Bertz CT molecular complexity index is 558. The van der Waals surface area contributed by atoms with Gasteiger partial charge in [-0.15, -0.1) is 0 Å². The fraction of sp³-hybridized carbons (Fsp3) is 0.278. The van der Waals surface area contributed by atoms with Gasteiger partial charge < -0.3 is 4.74 Å². The third kappa shape index (κ3) is 3.95. The molecule has 2 rings (SSSR count). The van der Waals surface area contributed by atoms with Crippen molar-refractivity contribution in [3.05, 3.63) is 65.7 Å². The Kier molecular flexibility index (Phi) is 4.94. The van der Waals surface area contributed by atoms with Crippen LogP contribution in [0.3, 0.4) is 0 Å². The molecule has 20 heavy (non-hydrogen) atoms. The maximum absolute atomic E-state index is 5.17. The van der Waals surface area contributed by atoms with E-state index in [-0.39, 0.29) is 6.04 Å². The third-order valence-electron chi connectivity index (χ3n) is 3.32. The Morgan fingerprint density at radius 3 is 2.30 bits per heavy atom. The number of benzene rings is 2. The van der Waals surface area contributed by atoms with Crippen molar-refractivity contribution in [1.29, 1.82) is 0 Å². The van der Waals surface area contributed by atoms with Gasteiger partial charge in [-0.25, -0.2) is 0 Å². The molecule has 0 aliphatic heterocycles. The van der Waals surface area contributed by atoms with Crippen LogP contribution in [0, 0.1) is 0 Å². The summed E-state index contributed by atoms with van der Waals surface area (Å²) in [6.07, 6.45) is 0.876. The zero-order chi connectivity index (χ0) is 14.4. The van der Waals surface area contributed by atoms with Crippen LogP contribution in [0.2, 0.25) is 0 Å². The first kappa shape index (κ1) is 14.3. The van der Waals surface area contributed by atoms with E-state index in [4.69, 9.17) is 9.73 Å². The SMILES string of the molecule is COc1ccc(CC(C)=NC(C)c2ccccc2)cc1. The number of rotatable bonds is 5. The van der Waals surface area contributed by atoms with Crippen molar-refractivity contribution >= 4 is 5.71 Å². The van der Waals surface area contributed by atoms with Crippen LogP contribution in [-0.2, 0) is 6.42 Å². The van der Waals surface area contributed by atoms with E-state index < -0.39 is 0 Å². The normalized spacial score (nSPS) is 13.1. The average Bonchev–Trinajstić information content (AvgIpc) is 2.49. The van der Waals surface area contributed by atoms with Gasteiger partial charge in [-0.05, 0) is 37.1 Å². The quantitative estimate of drug-likeness (QED) is 0.733. The molecule has 1 atom stereocenters. The Labute approximate surface area is 121 Å². The Balaban J connectivity index is 2.03. The molecule has 0 bridgehead atoms. The van der Waals surface area contributed by atoms with Crippen molar-refractivity contribution in [2.24, 2.45) is 4.99 Å². The highest BCUT2D eigenvalue weighted by Crippen LogP contribution is 2.17. The minimum absolute atomic E-state index is 0.203. The van der Waals surface area contributed by atoms with Crippen molar-refractivity contribution in [1.82, 2.24) is 0 Å². The maximum Gasteiger partial charge on any atom is 0.118 e. The number of hydrogen-bond donors (Lipinski definition) is 0. The van der Waals surface area contributed by atoms with Crippen molar-refractivity contribution in [3.63, 3.8) is 0 Å². The average molecular weight is 267 g/mol. The van der Waals surface area contributed by atoms with Crippen LogP contribution in [0.5, 0.6) is 5.75 Å². The first-order valence-corrected chi connectivity index (χ1v) is 6.90. The van der Waals surface area contributed by atoms with E-state index in [1.165, 1.54) is 11.1 Å². The second-order valence-corrected chi connectivity index (χ2v) is 4.98. The summed E-state index contributed by atoms with van der Waals surface area (Å²) in [5, 5.41) is 0. The van der Waals surface area contributed by atoms with Gasteiger partial charge in [0.05, 0.1) is 13.2 Å². The molecule has 0 spiro atoms. The van der Waals surface area contributed by atoms with Crippen LogP contribution in [0.1, 0.15) is 31.0 Å². The first-order chi connectivity index (χ1) is 9.69. The minimum atomic E-state index is 0.203. The predicted molar refractivity (Wildman–Crippen MR) is 84.7 cm³/mol. The van der Waals surface area contributed by atoms with E-state index in [9.17, 15) is 0 Å². The standard InChI is InChI=1S/C18H21NO/c1-14(13-16-9-11-18(20-3)12-10-16)19-15(2)17-7-5-4-6-8-17/h4-12,15H,13H2,1-3H3. The zero-order valence-corrected chi connectivity index (χ0v) is 12.3. The molecule has 104 valence electrons. The highest BCUT2D eigenvalue weighted by Gasteiger charge is 2.03. The highest BCUT2D eigenvalue weighted by atomic mass is 16.5. The molecule has 0 saturated heterocycles. The molecule has 1 unspecified atom stereocenters. The molecule has 0 aliphatic rings. The lowest BCUT2D eigenvalue weighted by molar-refractivity contribution is 0.414. The molecule has 0 radical (unpaired) electrons. The van der Waals surface area contributed by atoms with Gasteiger partial charge >= 0.3 is 0 Å². The largest absolute Gasteiger partial charge is 0.497 e. The second kappa shape index (κ2) is 6.90. The Morgan fingerprint density at radius 1 is 1.05 bits per heavy atom. The number of ether oxygens (including phenoxy) is 1. The second-order valence-electron chi connectivity index (χ2n) is 4.98. The summed E-state index contributed by atoms with van der Waals surface area (Å²) in [7, 11) is 1.68. The molecule has 0 heterocycles. The van der Waals surface area contributed by atoms with E-state index in [1.54, 1.807) is 7.11 Å². The predicted octanol–water partition coefficient (Wildman–Crippen LogP) is 4.46. The number of methoxy groups -OCH3 is 1. The topological polar surface area (TPSA) is 21.6 Å². The lowest BCUT2D eigenvalue weighted by atomic mass is 10.1. The van der Waals surface area contributed by atoms with E-state index in [0.717, 1.165) is 17.9 Å². The lowest BCUT2D eigenvalue weighted by Crippen LogP contribution is -2.01. The summed E-state index contributed by atoms with van der Waals surface area (Å²) in [5.74, 6) is 0.890. The summed E-state index contributed by atoms with van der Waals surface area (Å²) in [6.45, 7) is 4.22. The molecule has 0 aromatic heterocycles. The van der Waals surface area contributed by atoms with E-state index in [1.807, 2.05) is 18.2 Å². The molecule has 2 aromatic carbocycles. The van der Waals surface area contributed by atoms with Gasteiger partial charge in [-0.2, -0.15) is 0 Å². The summed E-state index contributed by atoms with van der Waals surface area (Å²) in [6, 6.07) is 18.7. The minimum Gasteiger partial charge on any atom is -0.497 e. The van der Waals surface area contributed by atoms with Crippen LogP contribution in [0.15, 0.2) is 59.6 Å². The van der Waals surface area contributed by atoms with Crippen LogP contribution in [-0.4, -0.2) is 12.8 Å². The smallest absolute Gasteiger partial charge is 0.118 e. The molecule has 2 nitrogen and oxygen atoms in total. The van der Waals surface area contributed by atoms with E-state index in [0.29, 0.717) is 0 Å². The molecule has 0 amide bonds. The molecule has 2 heteroatoms. The van der Waals surface area contributed by atoms with Crippen LogP contribution in [0.4, 0.5) is 0 Å². The molecule has 0 saturated carbocycles. The van der Waals surface area contributed by atoms with Gasteiger partial charge in [-0.1, -0.05) is 42.5 Å². The van der Waals surface area contributed by atoms with Crippen LogP contribution in [0.25, 0.3) is 0 Å². The fourth-order valence-corrected chi connectivity index (χ4v) is 2.22. The van der Waals surface area contributed by atoms with Crippen molar-refractivity contribution in [3.8, 4) is 5.75 Å². The monoisotopic (exact) mass is 267 g/mol. The molecule has 0 N–H and O–H groups in total. The van der Waals surface area contributed by atoms with E-state index >= 15 is 0 Å². The summed E-state index contributed by atoms with van der Waals surface area (Å²) in [4.78, 5) is 4.77. The molecular formula is C18H21NO. The third-order valence-corrected chi connectivity index (χ3v) is 3.32. The van der Waals surface area contributed by atoms with Crippen molar-refractivity contribution in [2.75, 3.05) is 7.11 Å². The molecular weight excluding hydrogens is 246 g/mol. The van der Waals surface area contributed by atoms with Crippen LogP contribution < -0.4 is 4.74 Å². The van der Waals surface area contributed by atoms with Gasteiger partial charge in [0.15, 0.2) is 0 Å². The summed E-state index contributed by atoms with van der Waals surface area (Å²) < 4.78 is 5.17. The Morgan fingerprint density at radius 2 is 1.70 bits per heavy atom. The number of aliphatic imine (C=N–C) groups is 1. The molecule has 2 aromatic rings. The number of hydrogen-bond acceptors (Lipinski definition) is 2. The first-order valence-electron chi connectivity index (χ1n) is 6.90. The molecule has 0 aliphatic carbocycles. The maximum atomic E-state index is 5.17. The lowest BCUT2D eigenvalue weighted by Gasteiger charge is -2.09. The van der Waals surface area contributed by atoms with Gasteiger partial charge in [0.2, 0.25) is 0 Å². The summed E-state index contributed by atoms with van der Waals surface area (Å²) in [5.41, 5.74) is 3.65. The van der Waals surface area contributed by atoms with Crippen molar-refractivity contribution in [2.45, 2.75) is 26.3 Å². The highest BCUT2D eigenvalue weighted by molar-refractivity contribution is 5.84. The van der Waals surface area contributed by atoms with Crippen molar-refractivity contribution < 1.29 is 4.74 Å². The van der Waals surface area contributed by atoms with Gasteiger partial charge in [0, 0.05) is 12.1 Å². The summed E-state index contributed by atoms with van der Waals surface area (Å²) >= 11 is 0. The van der Waals surface area contributed by atoms with Gasteiger partial charge in [-0.3, -0.25) is 4.99 Å². The van der Waals surface area contributed by atoms with Gasteiger partial charge in [0.1, 0.15) is 5.75 Å². The zero-order valence-electron chi connectivity index (χ0n) is 12.3. The van der Waals surface area contributed by atoms with Crippen LogP contribution >= 0.6 is 0 Å². The Hall–Kier alpha value is -2.09. The molecule has 0 fully saturated rings. The van der Waals surface area contributed by atoms with Gasteiger partial charge in [0.25, 0.3) is 0 Å². The number of nitrogens with zero attached hydrogens (tertiary/aromatic N) is 1. The fourth-order valence-electron chi connectivity index (χ4n) is 2.22. The van der Waals surface area contributed by atoms with E-state index in [2.05, 4.69) is 50.2 Å².